The van der Waals surface area contributed by atoms with Crippen molar-refractivity contribution in [2.45, 2.75) is 38.6 Å². The Hall–Kier alpha value is -1.25. The Balaban J connectivity index is 2.04. The fourth-order valence-corrected chi connectivity index (χ4v) is 1.93. The van der Waals surface area contributed by atoms with E-state index >= 15 is 0 Å². The molecule has 0 bridgehead atoms. The number of rotatable bonds is 4. The summed E-state index contributed by atoms with van der Waals surface area (Å²) in [6, 6.07) is 6.07. The maximum atomic E-state index is 4.51. The van der Waals surface area contributed by atoms with Gasteiger partial charge in [0.15, 0.2) is 0 Å². The predicted molar refractivity (Wildman–Crippen MR) is 64.3 cm³/mol. The topological polar surface area (TPSA) is 37.0 Å². The van der Waals surface area contributed by atoms with Crippen LogP contribution in [0.3, 0.4) is 0 Å². The summed E-state index contributed by atoms with van der Waals surface area (Å²) in [6.07, 6.45) is 3.83. The zero-order chi connectivity index (χ0) is 10.7. The molecule has 1 saturated carbocycles. The van der Waals surface area contributed by atoms with E-state index in [4.69, 9.17) is 0 Å². The number of nitrogens with zero attached hydrogens (tertiary/aromatic N) is 1. The SMILES string of the molecule is CCNc1cccc(NC2(C)CCC2)n1. The van der Waals surface area contributed by atoms with E-state index in [0.29, 0.717) is 0 Å². The molecule has 1 fully saturated rings. The first-order chi connectivity index (χ1) is 7.22. The molecule has 0 saturated heterocycles. The van der Waals surface area contributed by atoms with Crippen LogP contribution in [0.15, 0.2) is 18.2 Å². The van der Waals surface area contributed by atoms with E-state index < -0.39 is 0 Å². The van der Waals surface area contributed by atoms with Crippen molar-refractivity contribution < 1.29 is 0 Å². The van der Waals surface area contributed by atoms with Crippen molar-refractivity contribution in [1.29, 1.82) is 0 Å². The monoisotopic (exact) mass is 205 g/mol. The number of nitrogens with one attached hydrogen (secondary N) is 2. The highest BCUT2D eigenvalue weighted by atomic mass is 15.1. The van der Waals surface area contributed by atoms with E-state index in [0.717, 1.165) is 18.2 Å². The quantitative estimate of drug-likeness (QED) is 0.793. The highest BCUT2D eigenvalue weighted by Crippen LogP contribution is 2.34. The molecule has 1 aromatic rings. The summed E-state index contributed by atoms with van der Waals surface area (Å²) < 4.78 is 0. The minimum Gasteiger partial charge on any atom is -0.370 e. The molecule has 1 aliphatic carbocycles. The lowest BCUT2D eigenvalue weighted by atomic mass is 9.78. The molecule has 82 valence electrons. The Kier molecular flexibility index (Phi) is 2.80. The molecule has 1 aromatic heterocycles. The van der Waals surface area contributed by atoms with Gasteiger partial charge in [-0.2, -0.15) is 0 Å². The summed E-state index contributed by atoms with van der Waals surface area (Å²) in [5, 5.41) is 6.72. The van der Waals surface area contributed by atoms with Gasteiger partial charge >= 0.3 is 0 Å². The molecule has 0 spiro atoms. The Morgan fingerprint density at radius 2 is 2.07 bits per heavy atom. The second kappa shape index (κ2) is 4.09. The number of anilines is 2. The van der Waals surface area contributed by atoms with Crippen molar-refractivity contribution in [3.8, 4) is 0 Å². The smallest absolute Gasteiger partial charge is 0.128 e. The molecule has 3 heteroatoms. The predicted octanol–water partition coefficient (Wildman–Crippen LogP) is 2.87. The van der Waals surface area contributed by atoms with E-state index in [1.807, 2.05) is 18.2 Å². The van der Waals surface area contributed by atoms with Crippen LogP contribution in [0.1, 0.15) is 33.1 Å². The standard InChI is InChI=1S/C12H19N3/c1-3-13-10-6-4-7-11(14-10)15-12(2)8-5-9-12/h4,6-7H,3,5,8-9H2,1-2H3,(H2,13,14,15). The van der Waals surface area contributed by atoms with Crippen LogP contribution in [-0.2, 0) is 0 Å². The molecule has 2 rings (SSSR count). The largest absolute Gasteiger partial charge is 0.370 e. The first-order valence-electron chi connectivity index (χ1n) is 5.71. The lowest BCUT2D eigenvalue weighted by Gasteiger charge is -2.39. The second-order valence-electron chi connectivity index (χ2n) is 4.48. The number of hydrogen-bond acceptors (Lipinski definition) is 3. The summed E-state index contributed by atoms with van der Waals surface area (Å²) in [5.74, 6) is 1.93. The molecule has 1 heterocycles. The molecule has 0 aliphatic heterocycles. The number of aromatic nitrogens is 1. The minimum atomic E-state index is 0.276. The van der Waals surface area contributed by atoms with Gasteiger partial charge < -0.3 is 10.6 Å². The van der Waals surface area contributed by atoms with Crippen molar-refractivity contribution in [1.82, 2.24) is 4.98 Å². The fraction of sp³-hybridized carbons (Fsp3) is 0.583. The Bertz CT molecular complexity index is 331. The van der Waals surface area contributed by atoms with Crippen LogP contribution in [-0.4, -0.2) is 17.1 Å². The number of hydrogen-bond donors (Lipinski definition) is 2. The van der Waals surface area contributed by atoms with E-state index in [2.05, 4.69) is 29.5 Å². The molecule has 0 radical (unpaired) electrons. The molecule has 0 atom stereocenters. The molecular formula is C12H19N3. The molecule has 0 amide bonds. The van der Waals surface area contributed by atoms with E-state index in [-0.39, 0.29) is 5.54 Å². The first-order valence-corrected chi connectivity index (χ1v) is 5.71. The van der Waals surface area contributed by atoms with E-state index in [9.17, 15) is 0 Å². The average molecular weight is 205 g/mol. The second-order valence-corrected chi connectivity index (χ2v) is 4.48. The summed E-state index contributed by atoms with van der Waals surface area (Å²) in [4.78, 5) is 4.51. The van der Waals surface area contributed by atoms with Gasteiger partial charge in [-0.15, -0.1) is 0 Å². The van der Waals surface area contributed by atoms with Crippen LogP contribution in [0.5, 0.6) is 0 Å². The zero-order valence-electron chi connectivity index (χ0n) is 9.51. The summed E-state index contributed by atoms with van der Waals surface area (Å²) in [6.45, 7) is 5.25. The normalized spacial score (nSPS) is 18.0. The highest BCUT2D eigenvalue weighted by Gasteiger charge is 2.31. The minimum absolute atomic E-state index is 0.276. The van der Waals surface area contributed by atoms with Crippen LogP contribution in [0, 0.1) is 0 Å². The summed E-state index contributed by atoms with van der Waals surface area (Å²) in [5.41, 5.74) is 0.276. The average Bonchev–Trinajstić information content (AvgIpc) is 2.16. The number of pyridine rings is 1. The van der Waals surface area contributed by atoms with Gasteiger partial charge in [0.05, 0.1) is 0 Å². The Morgan fingerprint density at radius 1 is 1.33 bits per heavy atom. The molecular weight excluding hydrogens is 186 g/mol. The van der Waals surface area contributed by atoms with E-state index in [1.165, 1.54) is 19.3 Å². The Morgan fingerprint density at radius 3 is 2.67 bits per heavy atom. The maximum absolute atomic E-state index is 4.51. The molecule has 0 aromatic carbocycles. The van der Waals surface area contributed by atoms with Gasteiger partial charge in [-0.3, -0.25) is 0 Å². The van der Waals surface area contributed by atoms with Crippen molar-refractivity contribution in [2.24, 2.45) is 0 Å². The van der Waals surface area contributed by atoms with Gasteiger partial charge in [-0.1, -0.05) is 6.07 Å². The molecule has 3 nitrogen and oxygen atoms in total. The van der Waals surface area contributed by atoms with Crippen LogP contribution in [0.4, 0.5) is 11.6 Å². The van der Waals surface area contributed by atoms with Crippen molar-refractivity contribution in [2.75, 3.05) is 17.2 Å². The third-order valence-corrected chi connectivity index (χ3v) is 2.99. The zero-order valence-corrected chi connectivity index (χ0v) is 9.51. The van der Waals surface area contributed by atoms with Crippen molar-refractivity contribution >= 4 is 11.6 Å². The van der Waals surface area contributed by atoms with Crippen molar-refractivity contribution in [3.05, 3.63) is 18.2 Å². The molecule has 15 heavy (non-hydrogen) atoms. The third kappa shape index (κ3) is 2.41. The van der Waals surface area contributed by atoms with Gasteiger partial charge in [-0.05, 0) is 45.2 Å². The van der Waals surface area contributed by atoms with Gasteiger partial charge in [0.2, 0.25) is 0 Å². The van der Waals surface area contributed by atoms with Crippen LogP contribution in [0.25, 0.3) is 0 Å². The lowest BCUT2D eigenvalue weighted by molar-refractivity contribution is 0.306. The van der Waals surface area contributed by atoms with Crippen LogP contribution in [0.2, 0.25) is 0 Å². The summed E-state index contributed by atoms with van der Waals surface area (Å²) >= 11 is 0. The molecule has 0 unspecified atom stereocenters. The maximum Gasteiger partial charge on any atom is 0.128 e. The third-order valence-electron chi connectivity index (χ3n) is 2.99. The van der Waals surface area contributed by atoms with Crippen LogP contribution < -0.4 is 10.6 Å². The van der Waals surface area contributed by atoms with Gasteiger partial charge in [0.1, 0.15) is 11.6 Å². The first kappa shape index (κ1) is 10.3. The van der Waals surface area contributed by atoms with Gasteiger partial charge in [0.25, 0.3) is 0 Å². The van der Waals surface area contributed by atoms with Crippen LogP contribution >= 0.6 is 0 Å². The van der Waals surface area contributed by atoms with Crippen molar-refractivity contribution in [3.63, 3.8) is 0 Å². The Labute approximate surface area is 91.3 Å². The lowest BCUT2D eigenvalue weighted by Crippen LogP contribution is -2.41. The summed E-state index contributed by atoms with van der Waals surface area (Å²) in [7, 11) is 0. The fourth-order valence-electron chi connectivity index (χ4n) is 1.93. The molecule has 2 N–H and O–H groups in total. The van der Waals surface area contributed by atoms with E-state index in [1.54, 1.807) is 0 Å². The van der Waals surface area contributed by atoms with Gasteiger partial charge in [0, 0.05) is 12.1 Å². The van der Waals surface area contributed by atoms with Gasteiger partial charge in [-0.25, -0.2) is 4.98 Å². The highest BCUT2D eigenvalue weighted by molar-refractivity contribution is 5.46. The molecule has 1 aliphatic rings.